The van der Waals surface area contributed by atoms with Crippen molar-refractivity contribution in [1.29, 1.82) is 0 Å². The molecule has 1 aromatic rings. The average molecular weight is 423 g/mol. The van der Waals surface area contributed by atoms with Crippen molar-refractivity contribution in [1.82, 2.24) is 5.32 Å². The minimum atomic E-state index is -0.938. The maximum atomic E-state index is 12.3. The van der Waals surface area contributed by atoms with Gasteiger partial charge in [-0.1, -0.05) is 0 Å². The Balaban J connectivity index is 1.54. The molecule has 0 radical (unpaired) electrons. The molecule has 0 spiro atoms. The predicted octanol–water partition coefficient (Wildman–Crippen LogP) is 2.33. The number of hydrogen-bond acceptors (Lipinski definition) is 7. The van der Waals surface area contributed by atoms with Crippen LogP contribution in [0.3, 0.4) is 0 Å². The molecule has 0 aliphatic carbocycles. The Hall–Kier alpha value is -2.46. The van der Waals surface area contributed by atoms with Crippen LogP contribution in [0.15, 0.2) is 23.1 Å². The minimum absolute atomic E-state index is 0.0885. The van der Waals surface area contributed by atoms with Crippen LogP contribution < -0.4 is 15.5 Å². The maximum Gasteiger partial charge on any atom is 0.414 e. The van der Waals surface area contributed by atoms with Gasteiger partial charge in [-0.25, -0.2) is 9.59 Å². The molecule has 3 rings (SSSR count). The van der Waals surface area contributed by atoms with Crippen molar-refractivity contribution in [2.75, 3.05) is 29.1 Å². The lowest BCUT2D eigenvalue weighted by Crippen LogP contribution is -2.37. The lowest BCUT2D eigenvalue weighted by molar-refractivity contribution is -0.113. The number of anilines is 2. The van der Waals surface area contributed by atoms with Gasteiger partial charge in [0.1, 0.15) is 11.7 Å². The van der Waals surface area contributed by atoms with Crippen molar-refractivity contribution in [3.05, 3.63) is 18.2 Å². The fourth-order valence-corrected chi connectivity index (χ4v) is 3.75. The molecule has 2 heterocycles. The number of alkyl carbamates (subject to hydrolysis) is 1. The summed E-state index contributed by atoms with van der Waals surface area (Å²) < 4.78 is 10.4. The monoisotopic (exact) mass is 423 g/mol. The number of hydrogen-bond donors (Lipinski definition) is 3. The molecule has 1 aromatic carbocycles. The Morgan fingerprint density at radius 1 is 1.45 bits per heavy atom. The zero-order valence-electron chi connectivity index (χ0n) is 16.6. The van der Waals surface area contributed by atoms with E-state index in [0.29, 0.717) is 17.1 Å². The highest BCUT2D eigenvalue weighted by Gasteiger charge is 2.37. The number of benzene rings is 1. The topological polar surface area (TPSA) is 117 Å². The summed E-state index contributed by atoms with van der Waals surface area (Å²) in [5.74, 6) is 0.276. The molecular formula is C19H25N3O6S. The Morgan fingerprint density at radius 3 is 2.93 bits per heavy atom. The van der Waals surface area contributed by atoms with Gasteiger partial charge in [-0.3, -0.25) is 9.69 Å². The molecule has 3 amide bonds. The number of nitrogens with zero attached hydrogens (tertiary/aromatic N) is 1. The van der Waals surface area contributed by atoms with Crippen molar-refractivity contribution < 1.29 is 29.0 Å². The van der Waals surface area contributed by atoms with Crippen molar-refractivity contribution in [3.8, 4) is 0 Å². The van der Waals surface area contributed by atoms with Crippen molar-refractivity contribution in [2.24, 2.45) is 0 Å². The third-order valence-electron chi connectivity index (χ3n) is 4.28. The van der Waals surface area contributed by atoms with Gasteiger partial charge in [0.25, 0.3) is 0 Å². The van der Waals surface area contributed by atoms with Gasteiger partial charge in [0.05, 0.1) is 24.1 Å². The first-order valence-corrected chi connectivity index (χ1v) is 10.3. The first-order valence-electron chi connectivity index (χ1n) is 9.32. The average Bonchev–Trinajstić information content (AvgIpc) is 3.01. The third-order valence-corrected chi connectivity index (χ3v) is 5.35. The van der Waals surface area contributed by atoms with Crippen molar-refractivity contribution >= 4 is 41.2 Å². The summed E-state index contributed by atoms with van der Waals surface area (Å²) in [6.07, 6.45) is -2.58. The van der Waals surface area contributed by atoms with Crippen LogP contribution in [-0.4, -0.2) is 59.9 Å². The molecule has 1 saturated heterocycles. The number of aliphatic hydroxyl groups is 1. The molecule has 10 heteroatoms. The lowest BCUT2D eigenvalue weighted by atomic mass is 10.1. The Kier molecular flexibility index (Phi) is 6.23. The second-order valence-corrected chi connectivity index (χ2v) is 8.85. The Bertz CT molecular complexity index is 810. The number of fused-ring (bicyclic) bond motifs is 1. The van der Waals surface area contributed by atoms with Crippen molar-refractivity contribution in [3.63, 3.8) is 0 Å². The van der Waals surface area contributed by atoms with E-state index >= 15 is 0 Å². The quantitative estimate of drug-likeness (QED) is 0.665. The van der Waals surface area contributed by atoms with Gasteiger partial charge in [-0.15, -0.1) is 11.8 Å². The van der Waals surface area contributed by atoms with Gasteiger partial charge < -0.3 is 25.2 Å². The van der Waals surface area contributed by atoms with Crippen LogP contribution in [0.2, 0.25) is 0 Å². The molecule has 0 saturated carbocycles. The van der Waals surface area contributed by atoms with Crippen LogP contribution in [0.1, 0.15) is 27.2 Å². The summed E-state index contributed by atoms with van der Waals surface area (Å²) in [5, 5.41) is 15.7. The molecule has 0 aromatic heterocycles. The lowest BCUT2D eigenvalue weighted by Gasteiger charge is -2.21. The maximum absolute atomic E-state index is 12.3. The van der Waals surface area contributed by atoms with E-state index < -0.39 is 30.0 Å². The van der Waals surface area contributed by atoms with Crippen LogP contribution in [0.25, 0.3) is 0 Å². The molecule has 9 nitrogen and oxygen atoms in total. The number of rotatable bonds is 5. The molecule has 3 N–H and O–H groups in total. The van der Waals surface area contributed by atoms with E-state index in [-0.39, 0.29) is 25.4 Å². The van der Waals surface area contributed by atoms with Crippen LogP contribution in [-0.2, 0) is 14.3 Å². The summed E-state index contributed by atoms with van der Waals surface area (Å²) >= 11 is 1.44. The van der Waals surface area contributed by atoms with Crippen LogP contribution >= 0.6 is 11.8 Å². The summed E-state index contributed by atoms with van der Waals surface area (Å²) in [4.78, 5) is 37.9. The number of ether oxygens (including phenoxy) is 2. The van der Waals surface area contributed by atoms with E-state index in [0.717, 1.165) is 4.90 Å². The van der Waals surface area contributed by atoms with Gasteiger partial charge in [-0.2, -0.15) is 0 Å². The highest BCUT2D eigenvalue weighted by Crippen LogP contribution is 2.35. The van der Waals surface area contributed by atoms with E-state index in [1.54, 1.807) is 32.9 Å². The highest BCUT2D eigenvalue weighted by molar-refractivity contribution is 8.00. The van der Waals surface area contributed by atoms with Crippen LogP contribution in [0, 0.1) is 0 Å². The molecule has 29 heavy (non-hydrogen) atoms. The second-order valence-electron chi connectivity index (χ2n) is 7.83. The first-order chi connectivity index (χ1) is 13.6. The Labute approximate surface area is 173 Å². The zero-order chi connectivity index (χ0) is 21.2. The number of amides is 3. The standard InChI is InChI=1S/C19H25N3O6S/c1-19(2,3)28-17(25)20-7-6-13(23)14-9-22(18(26)27-14)11-4-5-15-12(8-11)21-16(24)10-29-15/h4-5,8,13-14,23H,6-7,9-10H2,1-3H3,(H,20,25)(H,21,24)/t13-,14-/m1/s1. The molecule has 0 bridgehead atoms. The van der Waals surface area contributed by atoms with E-state index in [1.807, 2.05) is 6.07 Å². The summed E-state index contributed by atoms with van der Waals surface area (Å²) in [5.41, 5.74) is 0.636. The van der Waals surface area contributed by atoms with Crippen LogP contribution in [0.4, 0.5) is 21.0 Å². The molecule has 2 aliphatic rings. The molecule has 2 atom stereocenters. The van der Waals surface area contributed by atoms with E-state index in [4.69, 9.17) is 9.47 Å². The van der Waals surface area contributed by atoms with Crippen LogP contribution in [0.5, 0.6) is 0 Å². The van der Waals surface area contributed by atoms with Gasteiger partial charge in [0.15, 0.2) is 0 Å². The smallest absolute Gasteiger partial charge is 0.414 e. The minimum Gasteiger partial charge on any atom is -0.444 e. The second kappa shape index (κ2) is 8.50. The predicted molar refractivity (Wildman–Crippen MR) is 108 cm³/mol. The summed E-state index contributed by atoms with van der Waals surface area (Å²) in [6.45, 7) is 5.65. The number of cyclic esters (lactones) is 1. The number of aliphatic hydroxyl groups excluding tert-OH is 1. The summed E-state index contributed by atoms with van der Waals surface area (Å²) in [6, 6.07) is 5.35. The molecule has 2 aliphatic heterocycles. The molecular weight excluding hydrogens is 398 g/mol. The van der Waals surface area contributed by atoms with Gasteiger partial charge >= 0.3 is 12.2 Å². The first kappa shape index (κ1) is 21.3. The van der Waals surface area contributed by atoms with Gasteiger partial charge in [-0.05, 0) is 45.4 Å². The largest absolute Gasteiger partial charge is 0.444 e. The molecule has 158 valence electrons. The molecule has 1 fully saturated rings. The number of nitrogens with one attached hydrogen (secondary N) is 2. The van der Waals surface area contributed by atoms with Gasteiger partial charge in [0, 0.05) is 17.1 Å². The van der Waals surface area contributed by atoms with E-state index in [2.05, 4.69) is 10.6 Å². The zero-order valence-corrected chi connectivity index (χ0v) is 17.4. The number of carbonyl (C=O) groups is 3. The number of thioether (sulfide) groups is 1. The highest BCUT2D eigenvalue weighted by atomic mass is 32.2. The normalized spacial score (nSPS) is 19.9. The van der Waals surface area contributed by atoms with E-state index in [9.17, 15) is 19.5 Å². The van der Waals surface area contributed by atoms with Crippen molar-refractivity contribution in [2.45, 2.75) is 49.9 Å². The van der Waals surface area contributed by atoms with Gasteiger partial charge in [0.2, 0.25) is 5.91 Å². The SMILES string of the molecule is CC(C)(C)OC(=O)NCC[C@@H](O)[C@H]1CN(c2ccc3c(c2)NC(=O)CS3)C(=O)O1. The Morgan fingerprint density at radius 2 is 2.21 bits per heavy atom. The third kappa shape index (κ3) is 5.54. The fourth-order valence-electron chi connectivity index (χ4n) is 2.96. The van der Waals surface area contributed by atoms with E-state index in [1.165, 1.54) is 16.7 Å². The number of carbonyl (C=O) groups excluding carboxylic acids is 3. The molecule has 0 unspecified atom stereocenters. The summed E-state index contributed by atoms with van der Waals surface area (Å²) in [7, 11) is 0. The fraction of sp³-hybridized carbons (Fsp3) is 0.526.